The predicted octanol–water partition coefficient (Wildman–Crippen LogP) is 3.05. The minimum atomic E-state index is -0.400. The minimum Gasteiger partial charge on any atom is -0.302 e. The third-order valence-corrected chi connectivity index (χ3v) is 5.54. The Morgan fingerprint density at radius 2 is 2.16 bits per heavy atom. The zero-order valence-corrected chi connectivity index (χ0v) is 15.2. The SMILES string of the molecule is CC(=O)Nc1ncc([C@H](C)N2CCC[C@H](Cc3ncc(F)cn3)C2)s1. The van der Waals surface area contributed by atoms with Gasteiger partial charge in [-0.15, -0.1) is 11.3 Å². The van der Waals surface area contributed by atoms with Gasteiger partial charge in [-0.1, -0.05) is 0 Å². The van der Waals surface area contributed by atoms with Crippen LogP contribution >= 0.6 is 11.3 Å². The van der Waals surface area contributed by atoms with Gasteiger partial charge < -0.3 is 5.32 Å². The zero-order valence-electron chi connectivity index (χ0n) is 14.4. The molecule has 1 saturated heterocycles. The van der Waals surface area contributed by atoms with Crippen molar-refractivity contribution in [2.75, 3.05) is 18.4 Å². The Hall–Kier alpha value is -1.93. The van der Waals surface area contributed by atoms with Crippen molar-refractivity contribution in [3.63, 3.8) is 0 Å². The molecule has 6 nitrogen and oxygen atoms in total. The molecule has 2 atom stereocenters. The summed E-state index contributed by atoms with van der Waals surface area (Å²) in [4.78, 5) is 27.1. The molecular formula is C17H22FN5OS. The van der Waals surface area contributed by atoms with E-state index in [2.05, 4.69) is 32.1 Å². The molecule has 8 heteroatoms. The highest BCUT2D eigenvalue weighted by molar-refractivity contribution is 7.15. The van der Waals surface area contributed by atoms with Crippen LogP contribution in [0.1, 0.15) is 43.4 Å². The van der Waals surface area contributed by atoms with E-state index in [4.69, 9.17) is 0 Å². The molecule has 2 aromatic rings. The van der Waals surface area contributed by atoms with Crippen molar-refractivity contribution in [3.05, 3.63) is 35.1 Å². The number of aromatic nitrogens is 3. The highest BCUT2D eigenvalue weighted by atomic mass is 32.1. The quantitative estimate of drug-likeness (QED) is 0.884. The number of anilines is 1. The lowest BCUT2D eigenvalue weighted by molar-refractivity contribution is -0.114. The highest BCUT2D eigenvalue weighted by Gasteiger charge is 2.26. The number of piperidine rings is 1. The molecule has 3 rings (SSSR count). The number of hydrogen-bond acceptors (Lipinski definition) is 6. The molecule has 0 spiro atoms. The van der Waals surface area contributed by atoms with E-state index < -0.39 is 5.82 Å². The third-order valence-electron chi connectivity index (χ3n) is 4.46. The smallest absolute Gasteiger partial charge is 0.223 e. The number of carbonyl (C=O) groups excluding carboxylic acids is 1. The molecule has 0 aliphatic carbocycles. The van der Waals surface area contributed by atoms with Gasteiger partial charge in [0.1, 0.15) is 5.82 Å². The van der Waals surface area contributed by atoms with E-state index >= 15 is 0 Å². The lowest BCUT2D eigenvalue weighted by Crippen LogP contribution is -2.37. The van der Waals surface area contributed by atoms with Crippen molar-refractivity contribution in [2.24, 2.45) is 5.92 Å². The van der Waals surface area contributed by atoms with Gasteiger partial charge in [0.15, 0.2) is 10.9 Å². The second-order valence-electron chi connectivity index (χ2n) is 6.45. The average molecular weight is 363 g/mol. The van der Waals surface area contributed by atoms with Crippen LogP contribution in [0.25, 0.3) is 0 Å². The molecule has 0 aromatic carbocycles. The summed E-state index contributed by atoms with van der Waals surface area (Å²) in [6, 6.07) is 0.247. The van der Waals surface area contributed by atoms with Crippen LogP contribution in [0.15, 0.2) is 18.6 Å². The van der Waals surface area contributed by atoms with E-state index in [9.17, 15) is 9.18 Å². The number of carbonyl (C=O) groups is 1. The Bertz CT molecular complexity index is 720. The van der Waals surface area contributed by atoms with Crippen molar-refractivity contribution in [2.45, 2.75) is 39.2 Å². The van der Waals surface area contributed by atoms with E-state index in [-0.39, 0.29) is 11.9 Å². The van der Waals surface area contributed by atoms with Gasteiger partial charge in [0.25, 0.3) is 0 Å². The molecule has 0 bridgehead atoms. The molecular weight excluding hydrogens is 341 g/mol. The number of hydrogen-bond donors (Lipinski definition) is 1. The third kappa shape index (κ3) is 4.79. The van der Waals surface area contributed by atoms with Crippen LogP contribution in [-0.4, -0.2) is 38.8 Å². The number of halogens is 1. The number of thiazole rings is 1. The fraction of sp³-hybridized carbons (Fsp3) is 0.529. The lowest BCUT2D eigenvalue weighted by atomic mass is 9.93. The van der Waals surface area contributed by atoms with E-state index in [1.807, 2.05) is 6.20 Å². The Morgan fingerprint density at radius 1 is 1.40 bits per heavy atom. The molecule has 1 aliphatic heterocycles. The molecule has 0 radical (unpaired) electrons. The first-order valence-electron chi connectivity index (χ1n) is 8.45. The first-order valence-corrected chi connectivity index (χ1v) is 9.26. The maximum atomic E-state index is 12.9. The van der Waals surface area contributed by atoms with Crippen molar-refractivity contribution < 1.29 is 9.18 Å². The maximum Gasteiger partial charge on any atom is 0.223 e. The normalized spacial score (nSPS) is 19.6. The maximum absolute atomic E-state index is 12.9. The number of nitrogens with zero attached hydrogens (tertiary/aromatic N) is 4. The molecule has 1 N–H and O–H groups in total. The topological polar surface area (TPSA) is 71.0 Å². The number of likely N-dealkylation sites (tertiary alicyclic amines) is 1. The number of amides is 1. The fourth-order valence-electron chi connectivity index (χ4n) is 3.19. The fourth-order valence-corrected chi connectivity index (χ4v) is 4.13. The first-order chi connectivity index (χ1) is 12.0. The van der Waals surface area contributed by atoms with Crippen molar-refractivity contribution in [1.82, 2.24) is 19.9 Å². The molecule has 1 amide bonds. The predicted molar refractivity (Wildman–Crippen MR) is 94.8 cm³/mol. The first kappa shape index (κ1) is 17.9. The molecule has 2 aromatic heterocycles. The monoisotopic (exact) mass is 363 g/mol. The van der Waals surface area contributed by atoms with Gasteiger partial charge in [-0.25, -0.2) is 19.3 Å². The minimum absolute atomic E-state index is 0.106. The zero-order chi connectivity index (χ0) is 17.8. The second kappa shape index (κ2) is 7.97. The van der Waals surface area contributed by atoms with Gasteiger partial charge in [-0.3, -0.25) is 9.69 Å². The molecule has 0 saturated carbocycles. The largest absolute Gasteiger partial charge is 0.302 e. The van der Waals surface area contributed by atoms with E-state index in [0.29, 0.717) is 16.9 Å². The van der Waals surface area contributed by atoms with Crippen molar-refractivity contribution >= 4 is 22.4 Å². The van der Waals surface area contributed by atoms with Crippen LogP contribution in [0.3, 0.4) is 0 Å². The Morgan fingerprint density at radius 3 is 2.88 bits per heavy atom. The van der Waals surface area contributed by atoms with Gasteiger partial charge >= 0.3 is 0 Å². The molecule has 1 aliphatic rings. The van der Waals surface area contributed by atoms with Crippen LogP contribution in [0.2, 0.25) is 0 Å². The summed E-state index contributed by atoms with van der Waals surface area (Å²) in [5, 5.41) is 3.37. The summed E-state index contributed by atoms with van der Waals surface area (Å²) >= 11 is 1.52. The van der Waals surface area contributed by atoms with Crippen LogP contribution in [-0.2, 0) is 11.2 Å². The summed E-state index contributed by atoms with van der Waals surface area (Å²) in [6.45, 7) is 5.64. The van der Waals surface area contributed by atoms with Crippen LogP contribution in [0.5, 0.6) is 0 Å². The van der Waals surface area contributed by atoms with E-state index in [1.54, 1.807) is 0 Å². The molecule has 134 valence electrons. The molecule has 0 unspecified atom stereocenters. The van der Waals surface area contributed by atoms with Crippen molar-refractivity contribution in [1.29, 1.82) is 0 Å². The number of rotatable bonds is 5. The Kier molecular flexibility index (Phi) is 5.70. The summed E-state index contributed by atoms with van der Waals surface area (Å²) in [5.41, 5.74) is 0. The highest BCUT2D eigenvalue weighted by Crippen LogP contribution is 2.32. The van der Waals surface area contributed by atoms with Crippen LogP contribution in [0.4, 0.5) is 9.52 Å². The Labute approximate surface area is 150 Å². The van der Waals surface area contributed by atoms with Crippen LogP contribution < -0.4 is 5.32 Å². The summed E-state index contributed by atoms with van der Waals surface area (Å²) in [7, 11) is 0. The van der Waals surface area contributed by atoms with Crippen LogP contribution in [0, 0.1) is 11.7 Å². The van der Waals surface area contributed by atoms with E-state index in [1.165, 1.54) is 30.7 Å². The molecule has 1 fully saturated rings. The summed E-state index contributed by atoms with van der Waals surface area (Å²) < 4.78 is 12.9. The standard InChI is InChI=1S/C17H22FN5OS/c1-11(15-9-21-17(25-15)22-12(2)24)23-5-3-4-13(10-23)6-16-19-7-14(18)8-20-16/h7-9,11,13H,3-6,10H2,1-2H3,(H,21,22,24)/t11-,13+/m0/s1. The van der Waals surface area contributed by atoms with Gasteiger partial charge in [0, 0.05) is 37.0 Å². The van der Waals surface area contributed by atoms with E-state index in [0.717, 1.165) is 37.2 Å². The van der Waals surface area contributed by atoms with Gasteiger partial charge in [-0.2, -0.15) is 0 Å². The Balaban J connectivity index is 1.61. The summed E-state index contributed by atoms with van der Waals surface area (Å²) in [6.07, 6.45) is 7.31. The van der Waals surface area contributed by atoms with Gasteiger partial charge in [0.2, 0.25) is 5.91 Å². The number of nitrogens with one attached hydrogen (secondary N) is 1. The van der Waals surface area contributed by atoms with Gasteiger partial charge in [-0.05, 0) is 32.2 Å². The molecule has 3 heterocycles. The lowest BCUT2D eigenvalue weighted by Gasteiger charge is -2.36. The second-order valence-corrected chi connectivity index (χ2v) is 7.51. The average Bonchev–Trinajstić information content (AvgIpc) is 3.04. The van der Waals surface area contributed by atoms with Gasteiger partial charge in [0.05, 0.1) is 12.4 Å². The van der Waals surface area contributed by atoms with Crippen molar-refractivity contribution in [3.8, 4) is 0 Å². The molecule has 25 heavy (non-hydrogen) atoms. The summed E-state index contributed by atoms with van der Waals surface area (Å²) in [5.74, 6) is 0.657.